The number of nitrogen functional groups attached to an aromatic ring is 1. The molecular weight excluding hydrogens is 185 g/mol. The molecule has 0 aliphatic rings. The Balaban J connectivity index is 3.07. The molecule has 0 spiro atoms. The molecule has 1 aromatic rings. The lowest BCUT2D eigenvalue weighted by Gasteiger charge is -2.03. The maximum atomic E-state index is 12.2. The van der Waals surface area contributed by atoms with E-state index in [1.165, 1.54) is 0 Å². The Morgan fingerprint density at radius 1 is 1.46 bits per heavy atom. The Morgan fingerprint density at radius 3 is 2.54 bits per heavy atom. The lowest BCUT2D eigenvalue weighted by Crippen LogP contribution is -2.09. The number of nitrogens with two attached hydrogens (primary N) is 1. The van der Waals surface area contributed by atoms with Crippen molar-refractivity contribution in [2.45, 2.75) is 25.9 Å². The van der Waals surface area contributed by atoms with Crippen LogP contribution in [0.1, 0.15) is 24.6 Å². The van der Waals surface area contributed by atoms with Gasteiger partial charge in [-0.15, -0.1) is 0 Å². The van der Waals surface area contributed by atoms with Gasteiger partial charge in [-0.3, -0.25) is 0 Å². The maximum absolute atomic E-state index is 12.2. The fraction of sp³-hybridized carbons (Fsp3) is 0.571. The lowest BCUT2D eigenvalue weighted by atomic mass is 10.1. The highest BCUT2D eigenvalue weighted by Gasteiger charge is 2.38. The minimum Gasteiger partial charge on any atom is -0.367 e. The smallest absolute Gasteiger partial charge is 0.367 e. The maximum Gasteiger partial charge on any atom is 0.437 e. The van der Waals surface area contributed by atoms with Crippen LogP contribution < -0.4 is 5.73 Å². The zero-order valence-corrected chi connectivity index (χ0v) is 6.98. The van der Waals surface area contributed by atoms with Gasteiger partial charge in [-0.05, 0) is 6.42 Å². The summed E-state index contributed by atoms with van der Waals surface area (Å²) in [6.07, 6.45) is -3.69. The van der Waals surface area contributed by atoms with E-state index in [2.05, 4.69) is 9.68 Å². The summed E-state index contributed by atoms with van der Waals surface area (Å²) in [5.41, 5.74) is 4.14. The third kappa shape index (κ3) is 1.93. The number of hydrogen-bond acceptors (Lipinski definition) is 3. The number of hydrogen-bond donors (Lipinski definition) is 1. The van der Waals surface area contributed by atoms with Gasteiger partial charge in [-0.25, -0.2) is 0 Å². The molecule has 1 rings (SSSR count). The van der Waals surface area contributed by atoms with Crippen LogP contribution in [-0.2, 0) is 12.6 Å². The largest absolute Gasteiger partial charge is 0.437 e. The standard InChI is InChI=1S/C7H9F3N2O/c1-2-3-4-5(7(8,9)10)12-13-6(4)11/h2-3,11H2,1H3. The Bertz CT molecular complexity index is 292. The van der Waals surface area contributed by atoms with Gasteiger partial charge in [0.05, 0.1) is 0 Å². The summed E-state index contributed by atoms with van der Waals surface area (Å²) in [6, 6.07) is 0. The van der Waals surface area contributed by atoms with E-state index >= 15 is 0 Å². The molecule has 0 bridgehead atoms. The van der Waals surface area contributed by atoms with Gasteiger partial charge < -0.3 is 10.3 Å². The quantitative estimate of drug-likeness (QED) is 0.785. The SMILES string of the molecule is CCCc1c(C(F)(F)F)noc1N. The van der Waals surface area contributed by atoms with Gasteiger partial charge in [-0.1, -0.05) is 18.5 Å². The van der Waals surface area contributed by atoms with E-state index in [4.69, 9.17) is 5.73 Å². The second kappa shape index (κ2) is 3.27. The number of anilines is 1. The van der Waals surface area contributed by atoms with Crippen LogP contribution in [0.15, 0.2) is 4.52 Å². The first-order valence-electron chi connectivity index (χ1n) is 3.78. The van der Waals surface area contributed by atoms with Crippen molar-refractivity contribution in [2.24, 2.45) is 0 Å². The Hall–Kier alpha value is -1.20. The number of aromatic nitrogens is 1. The molecule has 3 nitrogen and oxygen atoms in total. The van der Waals surface area contributed by atoms with E-state index in [9.17, 15) is 13.2 Å². The summed E-state index contributed by atoms with van der Waals surface area (Å²) in [6.45, 7) is 1.76. The third-order valence-corrected chi connectivity index (χ3v) is 1.59. The molecule has 1 heterocycles. The van der Waals surface area contributed by atoms with Gasteiger partial charge in [0.2, 0.25) is 5.88 Å². The zero-order chi connectivity index (χ0) is 10.1. The Morgan fingerprint density at radius 2 is 2.08 bits per heavy atom. The molecule has 74 valence electrons. The molecular formula is C7H9F3N2O. The Labute approximate surface area is 72.7 Å². The average molecular weight is 194 g/mol. The molecule has 2 N–H and O–H groups in total. The number of nitrogens with zero attached hydrogens (tertiary/aromatic N) is 1. The van der Waals surface area contributed by atoms with Crippen LogP contribution in [0.5, 0.6) is 0 Å². The highest BCUT2D eigenvalue weighted by atomic mass is 19.4. The summed E-state index contributed by atoms with van der Waals surface area (Å²) in [4.78, 5) is 0. The molecule has 0 radical (unpaired) electrons. The van der Waals surface area contributed by atoms with Crippen molar-refractivity contribution in [1.82, 2.24) is 5.16 Å². The van der Waals surface area contributed by atoms with Crippen molar-refractivity contribution in [1.29, 1.82) is 0 Å². The molecule has 0 saturated carbocycles. The number of halogens is 3. The van der Waals surface area contributed by atoms with E-state index < -0.39 is 11.9 Å². The van der Waals surface area contributed by atoms with Crippen LogP contribution in [0.2, 0.25) is 0 Å². The molecule has 0 saturated heterocycles. The summed E-state index contributed by atoms with van der Waals surface area (Å²) in [5, 5.41) is 2.88. The predicted octanol–water partition coefficient (Wildman–Crippen LogP) is 2.23. The van der Waals surface area contributed by atoms with Gasteiger partial charge in [0.15, 0.2) is 5.69 Å². The molecule has 0 aliphatic carbocycles. The normalized spacial score (nSPS) is 12.0. The van der Waals surface area contributed by atoms with Gasteiger partial charge in [-0.2, -0.15) is 13.2 Å². The molecule has 6 heteroatoms. The van der Waals surface area contributed by atoms with Crippen LogP contribution in [-0.4, -0.2) is 5.16 Å². The fourth-order valence-electron chi connectivity index (χ4n) is 1.04. The van der Waals surface area contributed by atoms with Gasteiger partial charge >= 0.3 is 6.18 Å². The highest BCUT2D eigenvalue weighted by Crippen LogP contribution is 2.33. The second-order valence-electron chi connectivity index (χ2n) is 2.62. The third-order valence-electron chi connectivity index (χ3n) is 1.59. The van der Waals surface area contributed by atoms with Crippen LogP contribution in [0, 0.1) is 0 Å². The molecule has 0 amide bonds. The van der Waals surface area contributed by atoms with Crippen LogP contribution in [0.4, 0.5) is 19.1 Å². The Kier molecular flexibility index (Phi) is 2.49. The predicted molar refractivity (Wildman–Crippen MR) is 39.9 cm³/mol. The summed E-state index contributed by atoms with van der Waals surface area (Å²) >= 11 is 0. The topological polar surface area (TPSA) is 52.0 Å². The number of alkyl halides is 3. The van der Waals surface area contributed by atoms with Gasteiger partial charge in [0.25, 0.3) is 0 Å². The van der Waals surface area contributed by atoms with Crippen LogP contribution in [0.25, 0.3) is 0 Å². The van der Waals surface area contributed by atoms with Crippen molar-refractivity contribution < 1.29 is 17.7 Å². The summed E-state index contributed by atoms with van der Waals surface area (Å²) < 4.78 is 40.9. The van der Waals surface area contributed by atoms with Crippen molar-refractivity contribution in [3.8, 4) is 0 Å². The molecule has 0 fully saturated rings. The summed E-state index contributed by atoms with van der Waals surface area (Å²) in [5.74, 6) is -0.242. The average Bonchev–Trinajstić information content (AvgIpc) is 2.32. The van der Waals surface area contributed by atoms with E-state index in [1.807, 2.05) is 0 Å². The van der Waals surface area contributed by atoms with Crippen LogP contribution >= 0.6 is 0 Å². The molecule has 1 aromatic heterocycles. The van der Waals surface area contributed by atoms with E-state index in [1.54, 1.807) is 6.92 Å². The molecule has 0 atom stereocenters. The monoisotopic (exact) mass is 194 g/mol. The minimum atomic E-state index is -4.48. The number of rotatable bonds is 2. The molecule has 0 aliphatic heterocycles. The highest BCUT2D eigenvalue weighted by molar-refractivity contribution is 5.40. The summed E-state index contributed by atoms with van der Waals surface area (Å²) in [7, 11) is 0. The minimum absolute atomic E-state index is 0.0463. The first-order chi connectivity index (χ1) is 5.96. The molecule has 0 unspecified atom stereocenters. The van der Waals surface area contributed by atoms with E-state index in [0.717, 1.165) is 0 Å². The van der Waals surface area contributed by atoms with Crippen LogP contribution in [0.3, 0.4) is 0 Å². The first kappa shape index (κ1) is 9.88. The van der Waals surface area contributed by atoms with Crippen molar-refractivity contribution >= 4 is 5.88 Å². The molecule has 0 aromatic carbocycles. The van der Waals surface area contributed by atoms with Gasteiger partial charge in [0, 0.05) is 5.56 Å². The lowest BCUT2D eigenvalue weighted by molar-refractivity contribution is -0.143. The zero-order valence-electron chi connectivity index (χ0n) is 6.98. The van der Waals surface area contributed by atoms with Gasteiger partial charge in [0.1, 0.15) is 0 Å². The second-order valence-corrected chi connectivity index (χ2v) is 2.62. The fourth-order valence-corrected chi connectivity index (χ4v) is 1.04. The van der Waals surface area contributed by atoms with Crippen molar-refractivity contribution in [3.05, 3.63) is 11.3 Å². The van der Waals surface area contributed by atoms with E-state index in [-0.39, 0.29) is 17.9 Å². The van der Waals surface area contributed by atoms with E-state index in [0.29, 0.717) is 6.42 Å². The van der Waals surface area contributed by atoms with Crippen molar-refractivity contribution in [3.63, 3.8) is 0 Å². The molecule has 13 heavy (non-hydrogen) atoms. The van der Waals surface area contributed by atoms with Crippen molar-refractivity contribution in [2.75, 3.05) is 5.73 Å². The first-order valence-corrected chi connectivity index (χ1v) is 3.78.